The van der Waals surface area contributed by atoms with Gasteiger partial charge in [-0.3, -0.25) is 4.72 Å². The zero-order valence-electron chi connectivity index (χ0n) is 12.0. The molecule has 1 fully saturated rings. The van der Waals surface area contributed by atoms with Crippen LogP contribution in [0.5, 0.6) is 0 Å². The fraction of sp³-hybridized carbons (Fsp3) is 0.467. The maximum absolute atomic E-state index is 12.5. The van der Waals surface area contributed by atoms with Crippen LogP contribution in [0.4, 0.5) is 5.69 Å². The zero-order chi connectivity index (χ0) is 15.1. The third-order valence-electron chi connectivity index (χ3n) is 3.40. The number of para-hydroxylation sites is 1. The fourth-order valence-corrected chi connectivity index (χ4v) is 3.64. The summed E-state index contributed by atoms with van der Waals surface area (Å²) in [5, 5.41) is 0. The number of anilines is 1. The Hall–Kier alpha value is -1.55. The normalized spacial score (nSPS) is 16.6. The summed E-state index contributed by atoms with van der Waals surface area (Å²) < 4.78 is 29.1. The molecule has 0 spiro atoms. The predicted octanol–water partition coefficient (Wildman–Crippen LogP) is 1.53. The second kappa shape index (κ2) is 7.46. The molecule has 0 unspecified atom stereocenters. The van der Waals surface area contributed by atoms with Gasteiger partial charge in [0.15, 0.2) is 0 Å². The van der Waals surface area contributed by atoms with E-state index in [2.05, 4.69) is 16.6 Å². The molecule has 1 aromatic rings. The summed E-state index contributed by atoms with van der Waals surface area (Å²) in [6.07, 6.45) is 4.00. The van der Waals surface area contributed by atoms with Crippen LogP contribution < -0.4 is 10.5 Å². The van der Waals surface area contributed by atoms with Gasteiger partial charge in [-0.15, -0.1) is 0 Å². The Bertz CT molecular complexity index is 624. The van der Waals surface area contributed by atoms with E-state index in [1.54, 1.807) is 18.2 Å². The molecule has 1 aliphatic heterocycles. The van der Waals surface area contributed by atoms with Crippen LogP contribution in [-0.2, 0) is 10.2 Å². The lowest BCUT2D eigenvalue weighted by molar-refractivity contribution is 0.427. The maximum Gasteiger partial charge on any atom is 0.301 e. The molecule has 1 saturated heterocycles. The molecule has 0 bridgehead atoms. The van der Waals surface area contributed by atoms with E-state index in [0.29, 0.717) is 24.3 Å². The van der Waals surface area contributed by atoms with Gasteiger partial charge < -0.3 is 5.73 Å². The van der Waals surface area contributed by atoms with Crippen LogP contribution >= 0.6 is 0 Å². The van der Waals surface area contributed by atoms with E-state index in [-0.39, 0.29) is 6.54 Å². The molecule has 0 aliphatic carbocycles. The molecule has 0 saturated carbocycles. The lowest BCUT2D eigenvalue weighted by atomic mass is 10.2. The van der Waals surface area contributed by atoms with Crippen molar-refractivity contribution in [1.82, 2.24) is 4.31 Å². The van der Waals surface area contributed by atoms with Crippen molar-refractivity contribution in [3.63, 3.8) is 0 Å². The van der Waals surface area contributed by atoms with Crippen molar-refractivity contribution in [3.8, 4) is 11.8 Å². The Morgan fingerprint density at radius 2 is 1.81 bits per heavy atom. The van der Waals surface area contributed by atoms with E-state index in [1.807, 2.05) is 6.07 Å². The summed E-state index contributed by atoms with van der Waals surface area (Å²) in [4.78, 5) is 0. The maximum atomic E-state index is 12.5. The van der Waals surface area contributed by atoms with Gasteiger partial charge in [0.1, 0.15) is 0 Å². The van der Waals surface area contributed by atoms with Crippen molar-refractivity contribution in [1.29, 1.82) is 0 Å². The summed E-state index contributed by atoms with van der Waals surface area (Å²) >= 11 is 0. The van der Waals surface area contributed by atoms with E-state index in [9.17, 15) is 8.42 Å². The molecular formula is C15H21N3O2S. The molecule has 0 amide bonds. The second-order valence-corrected chi connectivity index (χ2v) is 6.64. The number of nitrogens with zero attached hydrogens (tertiary/aromatic N) is 1. The number of rotatable bonds is 3. The monoisotopic (exact) mass is 307 g/mol. The van der Waals surface area contributed by atoms with Gasteiger partial charge in [0.05, 0.1) is 12.2 Å². The summed E-state index contributed by atoms with van der Waals surface area (Å²) in [5.74, 6) is 5.64. The van der Waals surface area contributed by atoms with E-state index in [1.165, 1.54) is 4.31 Å². The highest BCUT2D eigenvalue weighted by atomic mass is 32.2. The van der Waals surface area contributed by atoms with Crippen LogP contribution in [0.3, 0.4) is 0 Å². The molecule has 1 aliphatic rings. The van der Waals surface area contributed by atoms with E-state index >= 15 is 0 Å². The van der Waals surface area contributed by atoms with E-state index < -0.39 is 10.2 Å². The molecule has 1 heterocycles. The highest BCUT2D eigenvalue weighted by molar-refractivity contribution is 7.90. The van der Waals surface area contributed by atoms with Crippen LogP contribution in [0.1, 0.15) is 31.2 Å². The smallest absolute Gasteiger partial charge is 0.301 e. The Morgan fingerprint density at radius 1 is 1.14 bits per heavy atom. The summed E-state index contributed by atoms with van der Waals surface area (Å²) in [5.41, 5.74) is 6.51. The van der Waals surface area contributed by atoms with Crippen LogP contribution in [-0.4, -0.2) is 32.4 Å². The van der Waals surface area contributed by atoms with Crippen molar-refractivity contribution in [3.05, 3.63) is 29.8 Å². The van der Waals surface area contributed by atoms with Gasteiger partial charge in [0, 0.05) is 18.7 Å². The van der Waals surface area contributed by atoms with Gasteiger partial charge in [-0.25, -0.2) is 0 Å². The van der Waals surface area contributed by atoms with E-state index in [4.69, 9.17) is 5.73 Å². The first-order valence-corrected chi connectivity index (χ1v) is 8.63. The van der Waals surface area contributed by atoms with Gasteiger partial charge in [-0.2, -0.15) is 12.7 Å². The van der Waals surface area contributed by atoms with Crippen molar-refractivity contribution in [2.45, 2.75) is 25.7 Å². The Balaban J connectivity index is 2.20. The molecule has 5 nitrogen and oxygen atoms in total. The third kappa shape index (κ3) is 4.46. The average molecular weight is 307 g/mol. The van der Waals surface area contributed by atoms with E-state index in [0.717, 1.165) is 25.7 Å². The van der Waals surface area contributed by atoms with Gasteiger partial charge in [0.2, 0.25) is 0 Å². The topological polar surface area (TPSA) is 75.4 Å². The minimum absolute atomic E-state index is 0.243. The average Bonchev–Trinajstić information content (AvgIpc) is 2.76. The first kappa shape index (κ1) is 15.8. The SMILES string of the molecule is NCC#Cc1ccccc1NS(=O)(=O)N1CCCCCC1. The molecule has 114 valence electrons. The molecule has 6 heteroatoms. The Kier molecular flexibility index (Phi) is 5.62. The number of hydrogen-bond acceptors (Lipinski definition) is 3. The highest BCUT2D eigenvalue weighted by Crippen LogP contribution is 2.19. The Labute approximate surface area is 126 Å². The lowest BCUT2D eigenvalue weighted by Gasteiger charge is -2.21. The number of hydrogen-bond donors (Lipinski definition) is 2. The number of nitrogens with one attached hydrogen (secondary N) is 1. The third-order valence-corrected chi connectivity index (χ3v) is 4.92. The second-order valence-electron chi connectivity index (χ2n) is 4.97. The first-order chi connectivity index (χ1) is 10.1. The van der Waals surface area contributed by atoms with Crippen LogP contribution in [0.25, 0.3) is 0 Å². The summed E-state index contributed by atoms with van der Waals surface area (Å²) in [6, 6.07) is 7.11. The quantitative estimate of drug-likeness (QED) is 0.832. The van der Waals surface area contributed by atoms with Crippen LogP contribution in [0.2, 0.25) is 0 Å². The van der Waals surface area contributed by atoms with Crippen molar-refractivity contribution < 1.29 is 8.42 Å². The number of benzene rings is 1. The van der Waals surface area contributed by atoms with Gasteiger partial charge >= 0.3 is 10.2 Å². The van der Waals surface area contributed by atoms with Crippen molar-refractivity contribution >= 4 is 15.9 Å². The van der Waals surface area contributed by atoms with Gasteiger partial charge in [-0.05, 0) is 25.0 Å². The zero-order valence-corrected chi connectivity index (χ0v) is 12.8. The predicted molar refractivity (Wildman–Crippen MR) is 85.0 cm³/mol. The minimum Gasteiger partial charge on any atom is -0.320 e. The Morgan fingerprint density at radius 3 is 2.48 bits per heavy atom. The first-order valence-electron chi connectivity index (χ1n) is 7.19. The van der Waals surface area contributed by atoms with Crippen molar-refractivity contribution in [2.75, 3.05) is 24.4 Å². The fourth-order valence-electron chi connectivity index (χ4n) is 2.31. The molecule has 0 radical (unpaired) electrons. The van der Waals surface area contributed by atoms with Crippen LogP contribution in [0, 0.1) is 11.8 Å². The molecule has 0 aromatic heterocycles. The van der Waals surface area contributed by atoms with Gasteiger partial charge in [0.25, 0.3) is 0 Å². The van der Waals surface area contributed by atoms with Crippen molar-refractivity contribution in [2.24, 2.45) is 5.73 Å². The molecule has 21 heavy (non-hydrogen) atoms. The molecular weight excluding hydrogens is 286 g/mol. The summed E-state index contributed by atoms with van der Waals surface area (Å²) in [7, 11) is -3.52. The van der Waals surface area contributed by atoms with Crippen LogP contribution in [0.15, 0.2) is 24.3 Å². The van der Waals surface area contributed by atoms with Gasteiger partial charge in [-0.1, -0.05) is 36.8 Å². The summed E-state index contributed by atoms with van der Waals surface area (Å²) in [6.45, 7) is 1.39. The minimum atomic E-state index is -3.52. The molecule has 0 atom stereocenters. The standard InChI is InChI=1S/C15H21N3O2S/c16-11-7-9-14-8-3-4-10-15(14)17-21(19,20)18-12-5-1-2-6-13-18/h3-4,8,10,17H,1-2,5-6,11-13,16H2. The molecule has 1 aromatic carbocycles. The number of nitrogens with two attached hydrogens (primary N) is 1. The molecule has 3 N–H and O–H groups in total. The lowest BCUT2D eigenvalue weighted by Crippen LogP contribution is -2.36. The highest BCUT2D eigenvalue weighted by Gasteiger charge is 2.23. The largest absolute Gasteiger partial charge is 0.320 e. The molecule has 2 rings (SSSR count).